The number of nitrogens with one attached hydrogen (secondary N) is 2. The smallest absolute Gasteiger partial charge is 0.332 e. The lowest BCUT2D eigenvalue weighted by atomic mass is 9.93. The molecule has 306 valence electrons. The van der Waals surface area contributed by atoms with Gasteiger partial charge in [0.25, 0.3) is 5.91 Å². The van der Waals surface area contributed by atoms with E-state index in [0.29, 0.717) is 24.0 Å². The summed E-state index contributed by atoms with van der Waals surface area (Å²) < 4.78 is 18.3. The number of phenolic OH excluding ortho intramolecular Hbond substituents is 1. The van der Waals surface area contributed by atoms with E-state index in [9.17, 15) is 29.4 Å². The minimum atomic E-state index is -1.82. The molecule has 0 bridgehead atoms. The van der Waals surface area contributed by atoms with Gasteiger partial charge in [0, 0.05) is 32.9 Å². The van der Waals surface area contributed by atoms with Crippen LogP contribution >= 0.6 is 27.5 Å². The van der Waals surface area contributed by atoms with Gasteiger partial charge in [0.15, 0.2) is 11.6 Å². The summed E-state index contributed by atoms with van der Waals surface area (Å²) >= 11 is 9.57. The number of rotatable bonds is 7. The molecule has 56 heavy (non-hydrogen) atoms. The van der Waals surface area contributed by atoms with E-state index < -0.39 is 65.2 Å². The number of benzene rings is 2. The van der Waals surface area contributed by atoms with Crippen molar-refractivity contribution in [3.63, 3.8) is 0 Å². The van der Waals surface area contributed by atoms with Crippen LogP contribution in [0.15, 0.2) is 70.7 Å². The summed E-state index contributed by atoms with van der Waals surface area (Å²) in [7, 11) is 3.13. The predicted molar refractivity (Wildman–Crippen MR) is 217 cm³/mol. The molecule has 1 saturated heterocycles. The van der Waals surface area contributed by atoms with Crippen LogP contribution < -0.4 is 10.6 Å². The molecule has 0 saturated carbocycles. The third kappa shape index (κ3) is 10.6. The first kappa shape index (κ1) is 45.0. The summed E-state index contributed by atoms with van der Waals surface area (Å²) in [6.07, 6.45) is 4.71. The Morgan fingerprint density at radius 3 is 2.38 bits per heavy atom. The molecule has 2 aliphatic rings. The maximum Gasteiger partial charge on any atom is 0.332 e. The molecular formula is C42H55BrClN3O9. The summed E-state index contributed by atoms with van der Waals surface area (Å²) in [5.74, 6) is -3.65. The van der Waals surface area contributed by atoms with Crippen molar-refractivity contribution in [3.05, 3.63) is 86.9 Å². The first-order valence-electron chi connectivity index (χ1n) is 18.8. The number of allylic oxidation sites excluding steroid dienone is 2. The third-order valence-corrected chi connectivity index (χ3v) is 11.7. The zero-order valence-electron chi connectivity index (χ0n) is 33.5. The van der Waals surface area contributed by atoms with E-state index in [2.05, 4.69) is 26.6 Å². The Hall–Kier alpha value is -3.75. The normalized spacial score (nSPS) is 30.8. The van der Waals surface area contributed by atoms with Crippen LogP contribution in [0.3, 0.4) is 0 Å². The maximum absolute atomic E-state index is 14.4. The summed E-state index contributed by atoms with van der Waals surface area (Å²) in [6, 6.07) is 8.21. The lowest BCUT2D eigenvalue weighted by Crippen LogP contribution is -2.61. The van der Waals surface area contributed by atoms with Gasteiger partial charge in [0.05, 0.1) is 27.3 Å². The van der Waals surface area contributed by atoms with Crippen LogP contribution in [0.5, 0.6) is 5.75 Å². The lowest BCUT2D eigenvalue weighted by molar-refractivity contribution is -0.162. The van der Waals surface area contributed by atoms with Gasteiger partial charge >= 0.3 is 5.97 Å². The van der Waals surface area contributed by atoms with E-state index in [-0.39, 0.29) is 39.6 Å². The number of fused-ring (bicyclic) bond motifs is 1. The summed E-state index contributed by atoms with van der Waals surface area (Å²) in [6.45, 7) is 12.0. The van der Waals surface area contributed by atoms with Crippen molar-refractivity contribution in [2.75, 3.05) is 14.2 Å². The van der Waals surface area contributed by atoms with Crippen molar-refractivity contribution in [1.82, 2.24) is 15.5 Å². The van der Waals surface area contributed by atoms with Crippen molar-refractivity contribution in [1.29, 1.82) is 0 Å². The number of methoxy groups -OCH3 is 1. The van der Waals surface area contributed by atoms with Crippen molar-refractivity contribution in [2.24, 2.45) is 11.8 Å². The van der Waals surface area contributed by atoms with Gasteiger partial charge in [0.1, 0.15) is 23.9 Å². The Bertz CT molecular complexity index is 1790. The third-order valence-electron chi connectivity index (χ3n) is 10.8. The minimum Gasteiger partial charge on any atom is -0.505 e. The Morgan fingerprint density at radius 1 is 1.12 bits per heavy atom. The molecule has 0 aliphatic carbocycles. The molecule has 9 unspecified atom stereocenters. The number of aliphatic hydroxyl groups is 1. The van der Waals surface area contributed by atoms with E-state index >= 15 is 0 Å². The standard InChI is InChI=1S/C42H55BrClN3O9/c1-10-23(2)33-38(50)45-30(21-26-19-28(43)34(48)29(44)20-26)37(49)46-36(41(5,6)53)39(51)55-35(27-17-12-11-13-18-27)25(4)16-14-15-24(3)31(54-9)22-32-42(7,56-32)40(52)47(33)8/h11-20,23,25,30-33,35-36,48,53H,10,21-22H2,1-9H3,(H,45,50)(H,46,49)/b16-14+,24-15+. The van der Waals surface area contributed by atoms with E-state index in [1.165, 1.54) is 24.8 Å². The van der Waals surface area contributed by atoms with Crippen LogP contribution in [-0.4, -0.2) is 94.5 Å². The van der Waals surface area contributed by atoms with Gasteiger partial charge in [-0.2, -0.15) is 0 Å². The highest BCUT2D eigenvalue weighted by molar-refractivity contribution is 9.10. The number of halogens is 2. The second-order valence-electron chi connectivity index (χ2n) is 15.6. The fourth-order valence-corrected chi connectivity index (χ4v) is 7.87. The molecule has 2 aromatic carbocycles. The van der Waals surface area contributed by atoms with Crippen LogP contribution in [0.4, 0.5) is 0 Å². The van der Waals surface area contributed by atoms with Crippen LogP contribution in [0, 0.1) is 11.8 Å². The van der Waals surface area contributed by atoms with Crippen LogP contribution in [0.2, 0.25) is 5.02 Å². The zero-order chi connectivity index (χ0) is 41.7. The summed E-state index contributed by atoms with van der Waals surface area (Å²) in [5, 5.41) is 27.1. The summed E-state index contributed by atoms with van der Waals surface area (Å²) in [5.41, 5.74) is -1.00. The number of hydrogen-bond donors (Lipinski definition) is 4. The zero-order valence-corrected chi connectivity index (χ0v) is 35.8. The Balaban J connectivity index is 1.83. The highest BCUT2D eigenvalue weighted by atomic mass is 79.9. The molecular weight excluding hydrogens is 806 g/mol. The Labute approximate surface area is 343 Å². The van der Waals surface area contributed by atoms with E-state index in [1.807, 2.05) is 76.3 Å². The summed E-state index contributed by atoms with van der Waals surface area (Å²) in [4.78, 5) is 58.4. The Kier molecular flexibility index (Phi) is 15.0. The topological polar surface area (TPSA) is 167 Å². The van der Waals surface area contributed by atoms with Gasteiger partial charge < -0.3 is 40.0 Å². The van der Waals surface area contributed by atoms with Gasteiger partial charge in [0.2, 0.25) is 11.8 Å². The number of hydrogen-bond acceptors (Lipinski definition) is 9. The highest BCUT2D eigenvalue weighted by Crippen LogP contribution is 2.42. The molecule has 9 atom stereocenters. The number of nitrogens with zero attached hydrogens (tertiary/aromatic N) is 1. The number of carbonyl (C=O) groups excluding carboxylic acids is 4. The molecule has 2 aromatic rings. The lowest BCUT2D eigenvalue weighted by Gasteiger charge is -2.35. The SMILES string of the molecule is CCC(C)C1C(=O)NC(Cc2cc(Cl)c(O)c(Br)c2)C(=O)NC(C(C)(C)O)C(=O)OC(c2ccccc2)C(C)/C=C/C=C(\C)C(OC)CC2OC2(C)C(=O)N1C. The Morgan fingerprint density at radius 2 is 1.79 bits per heavy atom. The number of carbonyl (C=O) groups is 4. The van der Waals surface area contributed by atoms with Crippen molar-refractivity contribution in [3.8, 4) is 5.75 Å². The van der Waals surface area contributed by atoms with E-state index in [1.54, 1.807) is 27.1 Å². The van der Waals surface area contributed by atoms with Gasteiger partial charge in [-0.15, -0.1) is 0 Å². The fraction of sp³-hybridized carbons (Fsp3) is 0.524. The second-order valence-corrected chi connectivity index (χ2v) is 16.9. The van der Waals surface area contributed by atoms with E-state index in [4.69, 9.17) is 25.8 Å². The quantitative estimate of drug-likeness (QED) is 0.194. The first-order chi connectivity index (χ1) is 26.2. The largest absolute Gasteiger partial charge is 0.505 e. The number of phenols is 1. The average Bonchev–Trinajstić information content (AvgIpc) is 3.81. The minimum absolute atomic E-state index is 0.00744. The monoisotopic (exact) mass is 859 g/mol. The predicted octanol–water partition coefficient (Wildman–Crippen LogP) is 5.96. The second kappa shape index (κ2) is 18.7. The molecule has 3 amide bonds. The molecule has 0 radical (unpaired) electrons. The number of amides is 3. The molecule has 1 fully saturated rings. The van der Waals surface area contributed by atoms with Crippen LogP contribution in [0.1, 0.15) is 78.5 Å². The number of epoxide rings is 1. The van der Waals surface area contributed by atoms with Crippen LogP contribution in [-0.2, 0) is 39.8 Å². The number of aromatic hydroxyl groups is 1. The molecule has 4 N–H and O–H groups in total. The van der Waals surface area contributed by atoms with Crippen molar-refractivity contribution in [2.45, 2.75) is 115 Å². The van der Waals surface area contributed by atoms with Crippen molar-refractivity contribution >= 4 is 51.2 Å². The van der Waals surface area contributed by atoms with Gasteiger partial charge in [-0.25, -0.2) is 4.79 Å². The molecule has 14 heteroatoms. The molecule has 0 aromatic heterocycles. The van der Waals surface area contributed by atoms with Gasteiger partial charge in [-0.1, -0.05) is 87.4 Å². The number of cyclic esters (lactones) is 1. The number of ether oxygens (including phenoxy) is 3. The molecule has 12 nitrogen and oxygen atoms in total. The number of likely N-dealkylation sites (N-methyl/N-ethyl adjacent to an activating group) is 1. The average molecular weight is 861 g/mol. The first-order valence-corrected chi connectivity index (χ1v) is 20.0. The van der Waals surface area contributed by atoms with Crippen LogP contribution in [0.25, 0.3) is 0 Å². The van der Waals surface area contributed by atoms with E-state index in [0.717, 1.165) is 5.57 Å². The molecule has 0 spiro atoms. The molecule has 2 heterocycles. The van der Waals surface area contributed by atoms with Crippen molar-refractivity contribution < 1.29 is 43.6 Å². The molecule has 4 rings (SSSR count). The maximum atomic E-state index is 14.4. The fourth-order valence-electron chi connectivity index (χ4n) is 7.01. The van der Waals surface area contributed by atoms with Gasteiger partial charge in [-0.3, -0.25) is 14.4 Å². The highest BCUT2D eigenvalue weighted by Gasteiger charge is 2.61. The molecule has 2 aliphatic heterocycles. The number of esters is 1. The van der Waals surface area contributed by atoms with Gasteiger partial charge in [-0.05, 0) is 78.4 Å².